The van der Waals surface area contributed by atoms with Crippen LogP contribution in [0.2, 0.25) is 0 Å². The molecule has 0 spiro atoms. The monoisotopic (exact) mass is 341 g/mol. The van der Waals surface area contributed by atoms with Crippen LogP contribution >= 0.6 is 27.3 Å². The van der Waals surface area contributed by atoms with Crippen molar-refractivity contribution in [3.63, 3.8) is 0 Å². The molecule has 0 fully saturated rings. The number of nitrogens with zero attached hydrogens (tertiary/aromatic N) is 1. The van der Waals surface area contributed by atoms with E-state index in [0.29, 0.717) is 28.1 Å². The number of aromatic nitrogens is 1. The highest BCUT2D eigenvalue weighted by molar-refractivity contribution is 9.10. The molecule has 0 N–H and O–H groups in total. The molecular formula is C13H12BrNO3S. The molecule has 0 aliphatic carbocycles. The summed E-state index contributed by atoms with van der Waals surface area (Å²) in [5.74, 6) is 1.09. The number of carbonyl (C=O) groups excluding carboxylic acids is 1. The van der Waals surface area contributed by atoms with E-state index in [1.54, 1.807) is 23.5 Å². The Balaban J connectivity index is 2.21. The average molecular weight is 342 g/mol. The van der Waals surface area contributed by atoms with Crippen LogP contribution in [0.15, 0.2) is 22.0 Å². The summed E-state index contributed by atoms with van der Waals surface area (Å²) in [6, 6.07) is 3.33. The number of hydrogen-bond donors (Lipinski definition) is 0. The number of aldehydes is 1. The number of thiazole rings is 1. The predicted octanol–water partition coefficient (Wildman–Crippen LogP) is 3.61. The molecular weight excluding hydrogens is 330 g/mol. The second kappa shape index (κ2) is 6.16. The van der Waals surface area contributed by atoms with Crippen LogP contribution in [0.3, 0.4) is 0 Å². The number of carbonyl (C=O) groups is 1. The Labute approximate surface area is 123 Å². The van der Waals surface area contributed by atoms with Gasteiger partial charge in [0.2, 0.25) is 0 Å². The van der Waals surface area contributed by atoms with Gasteiger partial charge >= 0.3 is 0 Å². The zero-order chi connectivity index (χ0) is 13.8. The molecule has 4 nitrogen and oxygen atoms in total. The van der Waals surface area contributed by atoms with Crippen LogP contribution < -0.4 is 9.47 Å². The normalized spacial score (nSPS) is 10.3. The maximum atomic E-state index is 10.8. The second-order valence-electron chi connectivity index (χ2n) is 3.82. The van der Waals surface area contributed by atoms with Gasteiger partial charge in [-0.25, -0.2) is 4.98 Å². The first-order chi connectivity index (χ1) is 9.13. The van der Waals surface area contributed by atoms with Crippen molar-refractivity contribution in [2.75, 3.05) is 7.11 Å². The second-order valence-corrected chi connectivity index (χ2v) is 5.62. The molecule has 0 bridgehead atoms. The van der Waals surface area contributed by atoms with E-state index in [2.05, 4.69) is 20.9 Å². The fourth-order valence-corrected chi connectivity index (χ4v) is 2.81. The molecule has 1 aromatic heterocycles. The fourth-order valence-electron chi connectivity index (χ4n) is 1.55. The number of methoxy groups -OCH3 is 1. The van der Waals surface area contributed by atoms with Gasteiger partial charge in [0.1, 0.15) is 17.9 Å². The smallest absolute Gasteiger partial charge is 0.175 e. The molecule has 0 aliphatic rings. The lowest BCUT2D eigenvalue weighted by Crippen LogP contribution is -1.99. The molecule has 0 unspecified atom stereocenters. The van der Waals surface area contributed by atoms with E-state index in [0.717, 1.165) is 17.0 Å². The molecule has 0 atom stereocenters. The van der Waals surface area contributed by atoms with Crippen molar-refractivity contribution >= 4 is 33.6 Å². The molecule has 0 radical (unpaired) electrons. The van der Waals surface area contributed by atoms with E-state index >= 15 is 0 Å². The van der Waals surface area contributed by atoms with E-state index in [1.807, 2.05) is 12.3 Å². The lowest BCUT2D eigenvalue weighted by atomic mass is 10.2. The topological polar surface area (TPSA) is 48.4 Å². The molecule has 0 saturated heterocycles. The van der Waals surface area contributed by atoms with Crippen molar-refractivity contribution < 1.29 is 14.3 Å². The molecule has 0 amide bonds. The third kappa shape index (κ3) is 3.33. The Morgan fingerprint density at radius 3 is 2.84 bits per heavy atom. The van der Waals surface area contributed by atoms with Gasteiger partial charge in [-0.1, -0.05) is 0 Å². The summed E-state index contributed by atoms with van der Waals surface area (Å²) >= 11 is 4.92. The number of benzene rings is 1. The Morgan fingerprint density at radius 2 is 2.26 bits per heavy atom. The summed E-state index contributed by atoms with van der Waals surface area (Å²) in [5.41, 5.74) is 1.51. The SMILES string of the molecule is COc1cc(C=O)cc(Br)c1OCc1nc(C)cs1. The maximum absolute atomic E-state index is 10.8. The first-order valence-electron chi connectivity index (χ1n) is 5.50. The van der Waals surface area contributed by atoms with E-state index in [-0.39, 0.29) is 0 Å². The van der Waals surface area contributed by atoms with Crippen LogP contribution in [0.4, 0.5) is 0 Å². The molecule has 19 heavy (non-hydrogen) atoms. The van der Waals surface area contributed by atoms with E-state index in [9.17, 15) is 4.79 Å². The van der Waals surface area contributed by atoms with Crippen LogP contribution in [0.5, 0.6) is 11.5 Å². The number of aryl methyl sites for hydroxylation is 1. The third-order valence-corrected chi connectivity index (χ3v) is 3.92. The Morgan fingerprint density at radius 1 is 1.47 bits per heavy atom. The number of ether oxygens (including phenoxy) is 2. The molecule has 2 aromatic rings. The summed E-state index contributed by atoms with van der Waals surface area (Å²) in [5, 5.41) is 2.87. The van der Waals surface area contributed by atoms with E-state index in [1.165, 1.54) is 7.11 Å². The summed E-state index contributed by atoms with van der Waals surface area (Å²) < 4.78 is 11.6. The fraction of sp³-hybridized carbons (Fsp3) is 0.231. The van der Waals surface area contributed by atoms with Crippen molar-refractivity contribution in [1.29, 1.82) is 0 Å². The zero-order valence-electron chi connectivity index (χ0n) is 10.5. The molecule has 2 rings (SSSR count). The molecule has 1 heterocycles. The standard InChI is InChI=1S/C13H12BrNO3S/c1-8-7-19-12(15-8)6-18-13-10(14)3-9(5-16)4-11(13)17-2/h3-5,7H,6H2,1-2H3. The highest BCUT2D eigenvalue weighted by Gasteiger charge is 2.12. The summed E-state index contributed by atoms with van der Waals surface area (Å²) in [7, 11) is 1.54. The first-order valence-corrected chi connectivity index (χ1v) is 7.18. The van der Waals surface area contributed by atoms with Crippen LogP contribution in [-0.4, -0.2) is 18.4 Å². The lowest BCUT2D eigenvalue weighted by molar-refractivity contribution is 0.112. The van der Waals surface area contributed by atoms with Crippen LogP contribution in [0, 0.1) is 6.92 Å². The van der Waals surface area contributed by atoms with Gasteiger partial charge in [-0.2, -0.15) is 0 Å². The van der Waals surface area contributed by atoms with Gasteiger partial charge in [0, 0.05) is 16.6 Å². The van der Waals surface area contributed by atoms with Crippen molar-refractivity contribution in [1.82, 2.24) is 4.98 Å². The highest BCUT2D eigenvalue weighted by Crippen LogP contribution is 2.36. The van der Waals surface area contributed by atoms with Gasteiger partial charge in [0.05, 0.1) is 11.6 Å². The number of halogens is 1. The molecule has 6 heteroatoms. The minimum Gasteiger partial charge on any atom is -0.493 e. The minimum atomic E-state index is 0.369. The maximum Gasteiger partial charge on any atom is 0.175 e. The predicted molar refractivity (Wildman–Crippen MR) is 77.3 cm³/mol. The minimum absolute atomic E-state index is 0.369. The van der Waals surface area contributed by atoms with Crippen LogP contribution in [0.25, 0.3) is 0 Å². The van der Waals surface area contributed by atoms with Crippen molar-refractivity contribution in [3.05, 3.63) is 38.3 Å². The van der Waals surface area contributed by atoms with Crippen molar-refractivity contribution in [3.8, 4) is 11.5 Å². The lowest BCUT2D eigenvalue weighted by Gasteiger charge is -2.12. The third-order valence-electron chi connectivity index (χ3n) is 2.39. The van der Waals surface area contributed by atoms with E-state index < -0.39 is 0 Å². The Kier molecular flexibility index (Phi) is 4.55. The first kappa shape index (κ1) is 14.0. The van der Waals surface area contributed by atoms with Gasteiger partial charge in [0.15, 0.2) is 11.5 Å². The van der Waals surface area contributed by atoms with Gasteiger partial charge < -0.3 is 9.47 Å². The van der Waals surface area contributed by atoms with Crippen LogP contribution in [0.1, 0.15) is 21.1 Å². The summed E-state index contributed by atoms with van der Waals surface area (Å²) in [6.07, 6.45) is 0.765. The van der Waals surface area contributed by atoms with Crippen molar-refractivity contribution in [2.24, 2.45) is 0 Å². The molecule has 100 valence electrons. The average Bonchev–Trinajstić information content (AvgIpc) is 2.82. The molecule has 0 aliphatic heterocycles. The number of hydrogen-bond acceptors (Lipinski definition) is 5. The molecule has 1 aromatic carbocycles. The number of rotatable bonds is 5. The van der Waals surface area contributed by atoms with Gasteiger partial charge in [-0.3, -0.25) is 4.79 Å². The largest absolute Gasteiger partial charge is 0.493 e. The Bertz CT molecular complexity index is 598. The van der Waals surface area contributed by atoms with Gasteiger partial charge in [-0.15, -0.1) is 11.3 Å². The van der Waals surface area contributed by atoms with Crippen LogP contribution in [-0.2, 0) is 6.61 Å². The quantitative estimate of drug-likeness (QED) is 0.779. The van der Waals surface area contributed by atoms with Gasteiger partial charge in [0.25, 0.3) is 0 Å². The van der Waals surface area contributed by atoms with E-state index in [4.69, 9.17) is 9.47 Å². The Hall–Kier alpha value is -1.40. The summed E-state index contributed by atoms with van der Waals surface area (Å²) in [6.45, 7) is 2.31. The summed E-state index contributed by atoms with van der Waals surface area (Å²) in [4.78, 5) is 15.1. The zero-order valence-corrected chi connectivity index (χ0v) is 12.9. The molecule has 0 saturated carbocycles. The van der Waals surface area contributed by atoms with Gasteiger partial charge in [-0.05, 0) is 35.0 Å². The highest BCUT2D eigenvalue weighted by atomic mass is 79.9. The van der Waals surface area contributed by atoms with Crippen molar-refractivity contribution in [2.45, 2.75) is 13.5 Å².